The summed E-state index contributed by atoms with van der Waals surface area (Å²) >= 11 is 0. The first-order valence-corrected chi connectivity index (χ1v) is 5.95. The monoisotopic (exact) mass is 213 g/mol. The smallest absolute Gasteiger partial charge is 0.310 e. The Morgan fingerprint density at radius 1 is 1.00 bits per heavy atom. The minimum atomic E-state index is -2.21. The number of hydrogen-bond acceptors (Lipinski definition) is 3. The van der Waals surface area contributed by atoms with Gasteiger partial charge < -0.3 is 4.57 Å². The highest BCUT2D eigenvalue weighted by atomic mass is 28.3. The van der Waals surface area contributed by atoms with Gasteiger partial charge in [0.15, 0.2) is 0 Å². The molecule has 0 bridgehead atoms. The predicted octanol–water partition coefficient (Wildman–Crippen LogP) is 2.44. The van der Waals surface area contributed by atoms with Crippen molar-refractivity contribution in [3.63, 3.8) is 0 Å². The standard InChI is InChI=1S/C6H15N7Si/c1-5(2)13(6(3)4)14(11-9-7)12-10-8/h5-6,14H,1-4H3. The molecule has 0 aliphatic carbocycles. The van der Waals surface area contributed by atoms with Crippen molar-refractivity contribution in [1.82, 2.24) is 4.57 Å². The molecule has 0 unspecified atom stereocenters. The van der Waals surface area contributed by atoms with Gasteiger partial charge in [-0.05, 0) is 33.0 Å². The third-order valence-corrected chi connectivity index (χ3v) is 4.11. The second-order valence-corrected chi connectivity index (χ2v) is 5.14. The first kappa shape index (κ1) is 12.8. The average Bonchev–Trinajstić information content (AvgIpc) is 2.03. The van der Waals surface area contributed by atoms with E-state index in [1.54, 1.807) is 0 Å². The van der Waals surface area contributed by atoms with Crippen molar-refractivity contribution in [1.29, 1.82) is 0 Å². The van der Waals surface area contributed by atoms with E-state index in [-0.39, 0.29) is 12.1 Å². The second kappa shape index (κ2) is 6.28. The number of rotatable bonds is 5. The molecule has 14 heavy (non-hydrogen) atoms. The van der Waals surface area contributed by atoms with Crippen LogP contribution in [0.1, 0.15) is 27.7 Å². The third kappa shape index (κ3) is 3.67. The summed E-state index contributed by atoms with van der Waals surface area (Å²) in [6.45, 7) is 7.94. The predicted molar refractivity (Wildman–Crippen MR) is 57.6 cm³/mol. The van der Waals surface area contributed by atoms with Crippen LogP contribution in [-0.4, -0.2) is 25.9 Å². The molecular weight excluding hydrogens is 198 g/mol. The van der Waals surface area contributed by atoms with Crippen LogP contribution in [0.4, 0.5) is 0 Å². The van der Waals surface area contributed by atoms with Crippen molar-refractivity contribution in [2.45, 2.75) is 39.8 Å². The zero-order valence-corrected chi connectivity index (χ0v) is 10.0. The van der Waals surface area contributed by atoms with Gasteiger partial charge in [0.05, 0.1) is 0 Å². The molecule has 7 nitrogen and oxygen atoms in total. The Hall–Kier alpha value is -1.20. The van der Waals surface area contributed by atoms with E-state index >= 15 is 0 Å². The van der Waals surface area contributed by atoms with Crippen molar-refractivity contribution in [3.05, 3.63) is 20.9 Å². The molecule has 0 aliphatic heterocycles. The minimum Gasteiger partial charge on any atom is -0.313 e. The van der Waals surface area contributed by atoms with Gasteiger partial charge in [-0.25, -0.2) is 0 Å². The summed E-state index contributed by atoms with van der Waals surface area (Å²) < 4.78 is 9.14. The minimum absolute atomic E-state index is 0.211. The highest BCUT2D eigenvalue weighted by molar-refractivity contribution is 6.51. The normalized spacial score (nSPS) is 12.5. The largest absolute Gasteiger partial charge is 0.313 e. The van der Waals surface area contributed by atoms with Crippen molar-refractivity contribution in [3.8, 4) is 0 Å². The summed E-state index contributed by atoms with van der Waals surface area (Å²) in [5, 5.41) is 0. The zero-order valence-electron chi connectivity index (χ0n) is 8.86. The Bertz CT molecular complexity index is 237. The quantitative estimate of drug-likeness (QED) is 0.298. The summed E-state index contributed by atoms with van der Waals surface area (Å²) in [5.41, 5.74) is 16.7. The molecule has 0 aromatic heterocycles. The van der Waals surface area contributed by atoms with Crippen molar-refractivity contribution < 1.29 is 0 Å². The van der Waals surface area contributed by atoms with Gasteiger partial charge in [0.25, 0.3) is 0 Å². The fourth-order valence-corrected chi connectivity index (χ4v) is 2.90. The Morgan fingerprint density at radius 2 is 1.36 bits per heavy atom. The first-order valence-electron chi connectivity index (χ1n) is 4.40. The topological polar surface area (TPSA) is 101 Å². The van der Waals surface area contributed by atoms with E-state index < -0.39 is 9.28 Å². The van der Waals surface area contributed by atoms with Gasteiger partial charge in [-0.3, -0.25) is 0 Å². The van der Waals surface area contributed by atoms with Crippen LogP contribution in [0, 0.1) is 0 Å². The van der Waals surface area contributed by atoms with Gasteiger partial charge in [0.2, 0.25) is 0 Å². The summed E-state index contributed by atoms with van der Waals surface area (Å²) in [7, 11) is -2.21. The molecule has 78 valence electrons. The molecule has 0 fully saturated rings. The molecule has 0 N–H and O–H groups in total. The summed E-state index contributed by atoms with van der Waals surface area (Å²) in [6, 6.07) is 0.422. The van der Waals surface area contributed by atoms with Crippen LogP contribution in [0.15, 0.2) is 9.56 Å². The lowest BCUT2D eigenvalue weighted by atomic mass is 10.3. The third-order valence-electron chi connectivity index (χ3n) is 1.77. The maximum Gasteiger partial charge on any atom is 0.310 e. The maximum absolute atomic E-state index is 8.36. The van der Waals surface area contributed by atoms with Crippen LogP contribution in [0.3, 0.4) is 0 Å². The highest BCUT2D eigenvalue weighted by Crippen LogP contribution is 2.10. The fraction of sp³-hybridized carbons (Fsp3) is 1.00. The Labute approximate surface area is 84.8 Å². The van der Waals surface area contributed by atoms with E-state index in [2.05, 4.69) is 19.4 Å². The summed E-state index contributed by atoms with van der Waals surface area (Å²) in [6.07, 6.45) is 0. The van der Waals surface area contributed by atoms with Crippen LogP contribution in [0.2, 0.25) is 0 Å². The molecule has 0 amide bonds. The van der Waals surface area contributed by atoms with Crippen LogP contribution in [0.5, 0.6) is 0 Å². The van der Waals surface area contributed by atoms with Crippen molar-refractivity contribution in [2.24, 2.45) is 9.56 Å². The molecule has 0 aromatic rings. The van der Waals surface area contributed by atoms with Gasteiger partial charge in [-0.15, -0.1) is 9.56 Å². The van der Waals surface area contributed by atoms with Crippen LogP contribution in [0.25, 0.3) is 20.9 Å². The first-order chi connectivity index (χ1) is 6.54. The lowest BCUT2D eigenvalue weighted by molar-refractivity contribution is 0.301. The molecule has 0 spiro atoms. The average molecular weight is 213 g/mol. The summed E-state index contributed by atoms with van der Waals surface area (Å²) in [4.78, 5) is 5.44. The molecule has 0 aliphatic rings. The zero-order chi connectivity index (χ0) is 11.1. The van der Waals surface area contributed by atoms with Gasteiger partial charge >= 0.3 is 9.28 Å². The van der Waals surface area contributed by atoms with Gasteiger partial charge in [-0.2, -0.15) is 0 Å². The molecule has 0 atom stereocenters. The van der Waals surface area contributed by atoms with E-state index in [9.17, 15) is 0 Å². The van der Waals surface area contributed by atoms with Crippen LogP contribution in [-0.2, 0) is 0 Å². The molecule has 0 heterocycles. The van der Waals surface area contributed by atoms with Gasteiger partial charge in [-0.1, -0.05) is 27.7 Å². The SMILES string of the molecule is CC(C)N(C(C)C)[SiH](N=[N+]=[N-])N=[N+]=[N-]. The van der Waals surface area contributed by atoms with E-state index in [0.29, 0.717) is 0 Å². The Balaban J connectivity index is 4.90. The molecule has 0 rings (SSSR count). The molecule has 0 saturated heterocycles. The molecular formula is C6H15N7Si. The van der Waals surface area contributed by atoms with Crippen molar-refractivity contribution in [2.75, 3.05) is 0 Å². The van der Waals surface area contributed by atoms with E-state index in [4.69, 9.17) is 11.1 Å². The number of hydrogen-bond donors (Lipinski definition) is 0. The molecule has 0 radical (unpaired) electrons. The lowest BCUT2D eigenvalue weighted by Crippen LogP contribution is -2.46. The summed E-state index contributed by atoms with van der Waals surface area (Å²) in [5.74, 6) is 0. The van der Waals surface area contributed by atoms with Crippen molar-refractivity contribution >= 4 is 9.28 Å². The van der Waals surface area contributed by atoms with E-state index in [0.717, 1.165) is 0 Å². The lowest BCUT2D eigenvalue weighted by Gasteiger charge is -2.32. The molecule has 0 saturated carbocycles. The van der Waals surface area contributed by atoms with Crippen LogP contribution < -0.4 is 0 Å². The number of nitrogens with zero attached hydrogens (tertiary/aromatic N) is 7. The Kier molecular flexibility index (Phi) is 5.74. The Morgan fingerprint density at radius 3 is 1.57 bits per heavy atom. The molecule has 0 aromatic carbocycles. The van der Waals surface area contributed by atoms with Gasteiger partial charge in [0.1, 0.15) is 0 Å². The van der Waals surface area contributed by atoms with E-state index in [1.165, 1.54) is 0 Å². The highest BCUT2D eigenvalue weighted by Gasteiger charge is 2.23. The van der Waals surface area contributed by atoms with Crippen LogP contribution >= 0.6 is 0 Å². The number of azide groups is 1. The van der Waals surface area contributed by atoms with Gasteiger partial charge in [0, 0.05) is 0 Å². The fourth-order valence-electron chi connectivity index (χ4n) is 1.36. The second-order valence-electron chi connectivity index (χ2n) is 3.39. The molecule has 8 heteroatoms. The maximum atomic E-state index is 8.36. The van der Waals surface area contributed by atoms with E-state index in [1.807, 2.05) is 32.3 Å².